The van der Waals surface area contributed by atoms with Crippen LogP contribution in [0, 0.1) is 0 Å². The monoisotopic (exact) mass is 397 g/mol. The van der Waals surface area contributed by atoms with Crippen LogP contribution >= 0.6 is 23.4 Å². The largest absolute Gasteiger partial charge is 0.338 e. The van der Waals surface area contributed by atoms with Gasteiger partial charge in [-0.25, -0.2) is 4.98 Å². The maximum absolute atomic E-state index is 11.9. The highest BCUT2D eigenvalue weighted by molar-refractivity contribution is 7.98. The molecule has 0 aliphatic carbocycles. The van der Waals surface area contributed by atoms with Crippen molar-refractivity contribution in [2.24, 2.45) is 0 Å². The highest BCUT2D eigenvalue weighted by Gasteiger charge is 2.11. The maximum Gasteiger partial charge on any atom is 0.252 e. The lowest BCUT2D eigenvalue weighted by atomic mass is 10.2. The molecule has 7 nitrogen and oxygen atoms in total. The van der Waals surface area contributed by atoms with E-state index in [0.29, 0.717) is 33.3 Å². The van der Waals surface area contributed by atoms with E-state index < -0.39 is 0 Å². The average molecular weight is 398 g/mol. The third-order valence-corrected chi connectivity index (χ3v) is 4.71. The normalized spacial score (nSPS) is 10.9. The number of aromatic nitrogens is 5. The number of pyridine rings is 1. The average Bonchev–Trinajstić information content (AvgIpc) is 3.16. The number of nitrogens with zero attached hydrogens (tertiary/aromatic N) is 4. The molecule has 0 aliphatic rings. The zero-order chi connectivity index (χ0) is 18.6. The second kappa shape index (κ2) is 7.73. The lowest BCUT2D eigenvalue weighted by molar-refractivity contribution is 0.391. The molecule has 4 rings (SSSR count). The molecule has 0 fully saturated rings. The van der Waals surface area contributed by atoms with Gasteiger partial charge in [0.15, 0.2) is 5.16 Å². The van der Waals surface area contributed by atoms with Gasteiger partial charge in [-0.05, 0) is 36.4 Å². The standard InChI is InChI=1S/C18H12ClN5O2S/c19-13-3-1-12(2-4-13)17-23-16(26-24-17)10-27-18-21-14(9-15(25)22-18)11-5-7-20-8-6-11/h1-9H,10H2,(H,21,22,25). The first kappa shape index (κ1) is 17.4. The van der Waals surface area contributed by atoms with E-state index in [2.05, 4.69) is 25.1 Å². The number of rotatable bonds is 5. The number of nitrogens with one attached hydrogen (secondary N) is 1. The molecule has 0 unspecified atom stereocenters. The Morgan fingerprint density at radius 2 is 1.81 bits per heavy atom. The summed E-state index contributed by atoms with van der Waals surface area (Å²) in [6.45, 7) is 0. The van der Waals surface area contributed by atoms with Gasteiger partial charge in [0.25, 0.3) is 5.56 Å². The van der Waals surface area contributed by atoms with Crippen molar-refractivity contribution in [3.05, 3.63) is 76.1 Å². The topological polar surface area (TPSA) is 97.6 Å². The predicted molar refractivity (Wildman–Crippen MR) is 102 cm³/mol. The Morgan fingerprint density at radius 3 is 2.59 bits per heavy atom. The zero-order valence-corrected chi connectivity index (χ0v) is 15.4. The van der Waals surface area contributed by atoms with E-state index in [-0.39, 0.29) is 5.56 Å². The number of H-pyrrole nitrogens is 1. The van der Waals surface area contributed by atoms with Crippen LogP contribution in [0.15, 0.2) is 69.3 Å². The van der Waals surface area contributed by atoms with Gasteiger partial charge in [-0.1, -0.05) is 28.5 Å². The van der Waals surface area contributed by atoms with Crippen molar-refractivity contribution >= 4 is 23.4 Å². The van der Waals surface area contributed by atoms with Crippen LogP contribution in [0.4, 0.5) is 0 Å². The van der Waals surface area contributed by atoms with Crippen LogP contribution in [-0.4, -0.2) is 25.1 Å². The minimum atomic E-state index is -0.230. The summed E-state index contributed by atoms with van der Waals surface area (Å²) in [7, 11) is 0. The Balaban J connectivity index is 1.50. The van der Waals surface area contributed by atoms with Crippen molar-refractivity contribution in [1.29, 1.82) is 0 Å². The summed E-state index contributed by atoms with van der Waals surface area (Å²) in [5.41, 5.74) is 1.98. The van der Waals surface area contributed by atoms with Gasteiger partial charge in [0.2, 0.25) is 11.7 Å². The fourth-order valence-corrected chi connectivity index (χ4v) is 3.17. The quantitative estimate of drug-likeness (QED) is 0.403. The summed E-state index contributed by atoms with van der Waals surface area (Å²) in [5, 5.41) is 5.08. The van der Waals surface area contributed by atoms with Gasteiger partial charge in [0.1, 0.15) is 0 Å². The van der Waals surface area contributed by atoms with Gasteiger partial charge < -0.3 is 9.51 Å². The van der Waals surface area contributed by atoms with Crippen molar-refractivity contribution in [2.45, 2.75) is 10.9 Å². The van der Waals surface area contributed by atoms with E-state index in [1.807, 2.05) is 12.1 Å². The van der Waals surface area contributed by atoms with Gasteiger partial charge in [-0.15, -0.1) is 0 Å². The summed E-state index contributed by atoms with van der Waals surface area (Å²) in [6, 6.07) is 12.2. The van der Waals surface area contributed by atoms with Crippen LogP contribution in [0.1, 0.15) is 5.89 Å². The minimum absolute atomic E-state index is 0.230. The first-order valence-corrected chi connectivity index (χ1v) is 9.27. The lowest BCUT2D eigenvalue weighted by Gasteiger charge is -2.02. The van der Waals surface area contributed by atoms with Gasteiger partial charge in [0.05, 0.1) is 11.4 Å². The number of halogens is 1. The number of aromatic amines is 1. The summed E-state index contributed by atoms with van der Waals surface area (Å²) in [5.74, 6) is 1.29. The van der Waals surface area contributed by atoms with E-state index in [0.717, 1.165) is 11.1 Å². The number of thioether (sulfide) groups is 1. The molecule has 0 atom stereocenters. The molecule has 0 bridgehead atoms. The molecule has 0 aliphatic heterocycles. The molecule has 9 heteroatoms. The van der Waals surface area contributed by atoms with Crippen LogP contribution in [0.3, 0.4) is 0 Å². The lowest BCUT2D eigenvalue weighted by Crippen LogP contribution is -2.08. The molecular formula is C18H12ClN5O2S. The molecule has 0 radical (unpaired) electrons. The summed E-state index contributed by atoms with van der Waals surface area (Å²) in [6.07, 6.45) is 3.31. The molecule has 0 saturated carbocycles. The molecule has 27 heavy (non-hydrogen) atoms. The van der Waals surface area contributed by atoms with Crippen molar-refractivity contribution in [1.82, 2.24) is 25.1 Å². The van der Waals surface area contributed by atoms with Crippen molar-refractivity contribution in [3.8, 4) is 22.6 Å². The molecule has 0 spiro atoms. The van der Waals surface area contributed by atoms with Gasteiger partial charge in [-0.2, -0.15) is 4.98 Å². The molecule has 1 aromatic carbocycles. The molecule has 0 saturated heterocycles. The number of benzene rings is 1. The summed E-state index contributed by atoms with van der Waals surface area (Å²) >= 11 is 7.19. The second-order valence-corrected chi connectivity index (χ2v) is 6.88. The third-order valence-electron chi connectivity index (χ3n) is 3.60. The molecule has 3 aromatic heterocycles. The van der Waals surface area contributed by atoms with Crippen molar-refractivity contribution in [2.75, 3.05) is 0 Å². The smallest absolute Gasteiger partial charge is 0.252 e. The third kappa shape index (κ3) is 4.24. The molecular weight excluding hydrogens is 386 g/mol. The second-order valence-electron chi connectivity index (χ2n) is 5.48. The first-order chi connectivity index (χ1) is 13.2. The predicted octanol–water partition coefficient (Wildman–Crippen LogP) is 3.83. The molecule has 0 amide bonds. The fraction of sp³-hybridized carbons (Fsp3) is 0.0556. The van der Waals surface area contributed by atoms with Gasteiger partial charge in [0, 0.05) is 34.6 Å². The Bertz CT molecular complexity index is 1110. The molecule has 134 valence electrons. The minimum Gasteiger partial charge on any atom is -0.338 e. The fourth-order valence-electron chi connectivity index (χ4n) is 2.33. The van der Waals surface area contributed by atoms with Crippen molar-refractivity contribution < 1.29 is 4.52 Å². The van der Waals surface area contributed by atoms with Crippen LogP contribution < -0.4 is 5.56 Å². The van der Waals surface area contributed by atoms with Crippen LogP contribution in [0.2, 0.25) is 5.02 Å². The zero-order valence-electron chi connectivity index (χ0n) is 13.8. The molecule has 4 aromatic rings. The van der Waals surface area contributed by atoms with Gasteiger partial charge >= 0.3 is 0 Å². The highest BCUT2D eigenvalue weighted by atomic mass is 35.5. The number of hydrogen-bond acceptors (Lipinski definition) is 7. The van der Waals surface area contributed by atoms with Crippen LogP contribution in [-0.2, 0) is 5.75 Å². The Labute approximate surface area is 162 Å². The van der Waals surface area contributed by atoms with Crippen LogP contribution in [0.25, 0.3) is 22.6 Å². The summed E-state index contributed by atoms with van der Waals surface area (Å²) < 4.78 is 5.27. The first-order valence-electron chi connectivity index (χ1n) is 7.90. The van der Waals surface area contributed by atoms with E-state index in [1.165, 1.54) is 17.8 Å². The Morgan fingerprint density at radius 1 is 1.04 bits per heavy atom. The Kier molecular flexibility index (Phi) is 4.99. The Hall–Kier alpha value is -2.97. The molecule has 3 heterocycles. The molecule has 1 N–H and O–H groups in total. The van der Waals surface area contributed by atoms with E-state index in [9.17, 15) is 4.79 Å². The highest BCUT2D eigenvalue weighted by Crippen LogP contribution is 2.23. The van der Waals surface area contributed by atoms with Gasteiger partial charge in [-0.3, -0.25) is 9.78 Å². The van der Waals surface area contributed by atoms with E-state index >= 15 is 0 Å². The van der Waals surface area contributed by atoms with E-state index in [4.69, 9.17) is 16.1 Å². The van der Waals surface area contributed by atoms with Crippen LogP contribution in [0.5, 0.6) is 0 Å². The van der Waals surface area contributed by atoms with E-state index in [1.54, 1.807) is 36.7 Å². The maximum atomic E-state index is 11.9. The summed E-state index contributed by atoms with van der Waals surface area (Å²) in [4.78, 5) is 27.4. The number of hydrogen-bond donors (Lipinski definition) is 1. The van der Waals surface area contributed by atoms with Crippen molar-refractivity contribution in [3.63, 3.8) is 0 Å². The SMILES string of the molecule is O=c1cc(-c2ccncc2)nc(SCc2nc(-c3ccc(Cl)cc3)no2)[nH]1.